The molecule has 100 valence electrons. The van der Waals surface area contributed by atoms with Gasteiger partial charge in [0.05, 0.1) is 6.61 Å². The van der Waals surface area contributed by atoms with Crippen LogP contribution in [0.3, 0.4) is 0 Å². The predicted octanol–water partition coefficient (Wildman–Crippen LogP) is 3.65. The summed E-state index contributed by atoms with van der Waals surface area (Å²) in [5, 5.41) is 4.94. The Morgan fingerprint density at radius 1 is 1.33 bits per heavy atom. The molecule has 0 aliphatic heterocycles. The smallest absolute Gasteiger partial charge is 0.0587 e. The largest absolute Gasteiger partial charge is 0.383 e. The molecule has 0 saturated heterocycles. The Labute approximate surface area is 119 Å². The Kier molecular flexibility index (Phi) is 4.91. The number of nitrogens with one attached hydrogen (secondary N) is 1. The molecule has 0 aromatic heterocycles. The molecule has 4 heteroatoms. The third kappa shape index (κ3) is 3.00. The van der Waals surface area contributed by atoms with Crippen molar-refractivity contribution >= 4 is 23.2 Å². The fourth-order valence-corrected chi connectivity index (χ4v) is 3.18. The van der Waals surface area contributed by atoms with Crippen molar-refractivity contribution in [3.05, 3.63) is 33.8 Å². The predicted molar refractivity (Wildman–Crippen MR) is 76.7 cm³/mol. The van der Waals surface area contributed by atoms with Crippen molar-refractivity contribution in [3.8, 4) is 0 Å². The molecule has 0 bridgehead atoms. The van der Waals surface area contributed by atoms with Crippen molar-refractivity contribution < 1.29 is 4.74 Å². The van der Waals surface area contributed by atoms with Gasteiger partial charge in [0, 0.05) is 35.7 Å². The molecule has 2 rings (SSSR count). The molecule has 1 aromatic rings. The van der Waals surface area contributed by atoms with Crippen LogP contribution >= 0.6 is 23.2 Å². The van der Waals surface area contributed by atoms with Gasteiger partial charge in [0.2, 0.25) is 0 Å². The SMILES string of the molecule is COCCNCC1(c2ccc(Cl)cc2Cl)CCC1. The van der Waals surface area contributed by atoms with Crippen LogP contribution in [-0.4, -0.2) is 26.8 Å². The van der Waals surface area contributed by atoms with E-state index in [0.717, 1.165) is 24.7 Å². The minimum atomic E-state index is 0.190. The molecule has 1 aromatic carbocycles. The molecule has 0 heterocycles. The zero-order valence-corrected chi connectivity index (χ0v) is 12.2. The van der Waals surface area contributed by atoms with Crippen molar-refractivity contribution in [2.24, 2.45) is 0 Å². The van der Waals surface area contributed by atoms with Crippen molar-refractivity contribution in [2.45, 2.75) is 24.7 Å². The van der Waals surface area contributed by atoms with E-state index in [1.54, 1.807) is 7.11 Å². The first-order chi connectivity index (χ1) is 8.68. The van der Waals surface area contributed by atoms with E-state index in [0.29, 0.717) is 5.02 Å². The van der Waals surface area contributed by atoms with Gasteiger partial charge in [0.25, 0.3) is 0 Å². The maximum Gasteiger partial charge on any atom is 0.0587 e. The molecular formula is C14H19Cl2NO. The summed E-state index contributed by atoms with van der Waals surface area (Å²) in [6.07, 6.45) is 3.65. The molecule has 1 N–H and O–H groups in total. The minimum absolute atomic E-state index is 0.190. The zero-order chi connectivity index (χ0) is 13.0. The number of hydrogen-bond acceptors (Lipinski definition) is 2. The third-order valence-electron chi connectivity index (χ3n) is 3.76. The van der Waals surface area contributed by atoms with Gasteiger partial charge < -0.3 is 10.1 Å². The van der Waals surface area contributed by atoms with E-state index in [9.17, 15) is 0 Å². The van der Waals surface area contributed by atoms with Crippen LogP contribution < -0.4 is 5.32 Å². The number of hydrogen-bond donors (Lipinski definition) is 1. The van der Waals surface area contributed by atoms with Crippen LogP contribution in [0.1, 0.15) is 24.8 Å². The molecular weight excluding hydrogens is 269 g/mol. The summed E-state index contributed by atoms with van der Waals surface area (Å²) in [6.45, 7) is 2.58. The average Bonchev–Trinajstić information content (AvgIpc) is 2.29. The summed E-state index contributed by atoms with van der Waals surface area (Å²) in [6, 6.07) is 5.84. The van der Waals surface area contributed by atoms with E-state index in [2.05, 4.69) is 11.4 Å². The Hall–Kier alpha value is -0.280. The summed E-state index contributed by atoms with van der Waals surface area (Å²) in [7, 11) is 1.72. The van der Waals surface area contributed by atoms with Gasteiger partial charge >= 0.3 is 0 Å². The first-order valence-electron chi connectivity index (χ1n) is 6.33. The monoisotopic (exact) mass is 287 g/mol. The van der Waals surface area contributed by atoms with Gasteiger partial charge in [-0.2, -0.15) is 0 Å². The van der Waals surface area contributed by atoms with E-state index in [4.69, 9.17) is 27.9 Å². The number of ether oxygens (including phenoxy) is 1. The topological polar surface area (TPSA) is 21.3 Å². The first-order valence-corrected chi connectivity index (χ1v) is 7.09. The lowest BCUT2D eigenvalue weighted by atomic mass is 9.64. The normalized spacial score (nSPS) is 17.5. The van der Waals surface area contributed by atoms with E-state index in [-0.39, 0.29) is 5.41 Å². The fraction of sp³-hybridized carbons (Fsp3) is 0.571. The van der Waals surface area contributed by atoms with Crippen molar-refractivity contribution in [3.63, 3.8) is 0 Å². The quantitative estimate of drug-likeness (QED) is 0.807. The molecule has 0 radical (unpaired) electrons. The van der Waals surface area contributed by atoms with Crippen LogP contribution in [0.2, 0.25) is 10.0 Å². The summed E-state index contributed by atoms with van der Waals surface area (Å²) >= 11 is 12.3. The van der Waals surface area contributed by atoms with E-state index >= 15 is 0 Å². The van der Waals surface area contributed by atoms with Crippen LogP contribution in [-0.2, 0) is 10.2 Å². The Bertz CT molecular complexity index is 405. The van der Waals surface area contributed by atoms with Crippen LogP contribution in [0.25, 0.3) is 0 Å². The van der Waals surface area contributed by atoms with Crippen LogP contribution in [0.5, 0.6) is 0 Å². The highest BCUT2D eigenvalue weighted by Gasteiger charge is 2.39. The van der Waals surface area contributed by atoms with E-state index < -0.39 is 0 Å². The Morgan fingerprint density at radius 3 is 2.67 bits per heavy atom. The average molecular weight is 288 g/mol. The zero-order valence-electron chi connectivity index (χ0n) is 10.6. The second-order valence-corrected chi connectivity index (χ2v) is 5.77. The molecule has 0 unspecified atom stereocenters. The molecule has 0 spiro atoms. The summed E-state index contributed by atoms with van der Waals surface area (Å²) in [5.74, 6) is 0. The van der Waals surface area contributed by atoms with E-state index in [1.165, 1.54) is 24.8 Å². The van der Waals surface area contributed by atoms with Gasteiger partial charge in [-0.3, -0.25) is 0 Å². The van der Waals surface area contributed by atoms with Crippen molar-refractivity contribution in [1.29, 1.82) is 0 Å². The van der Waals surface area contributed by atoms with Gasteiger partial charge in [0.15, 0.2) is 0 Å². The molecule has 18 heavy (non-hydrogen) atoms. The van der Waals surface area contributed by atoms with Gasteiger partial charge in [-0.25, -0.2) is 0 Å². The summed E-state index contributed by atoms with van der Waals surface area (Å²) in [4.78, 5) is 0. The van der Waals surface area contributed by atoms with Gasteiger partial charge in [-0.05, 0) is 30.5 Å². The summed E-state index contributed by atoms with van der Waals surface area (Å²) in [5.41, 5.74) is 1.42. The molecule has 0 amide bonds. The highest BCUT2D eigenvalue weighted by atomic mass is 35.5. The first kappa shape index (κ1) is 14.1. The molecule has 1 aliphatic rings. The third-order valence-corrected chi connectivity index (χ3v) is 4.31. The minimum Gasteiger partial charge on any atom is -0.383 e. The van der Waals surface area contributed by atoms with Crippen molar-refractivity contribution in [2.75, 3.05) is 26.8 Å². The molecule has 1 aliphatic carbocycles. The van der Waals surface area contributed by atoms with Gasteiger partial charge in [0.1, 0.15) is 0 Å². The lowest BCUT2D eigenvalue weighted by molar-refractivity contribution is 0.185. The number of benzene rings is 1. The van der Waals surface area contributed by atoms with Crippen LogP contribution in [0.4, 0.5) is 0 Å². The van der Waals surface area contributed by atoms with E-state index in [1.807, 2.05) is 12.1 Å². The van der Waals surface area contributed by atoms with Crippen molar-refractivity contribution in [1.82, 2.24) is 5.32 Å². The number of rotatable bonds is 6. The number of halogens is 2. The highest BCUT2D eigenvalue weighted by Crippen LogP contribution is 2.46. The number of methoxy groups -OCH3 is 1. The summed E-state index contributed by atoms with van der Waals surface area (Å²) < 4.78 is 5.05. The van der Waals surface area contributed by atoms with Crippen LogP contribution in [0, 0.1) is 0 Å². The van der Waals surface area contributed by atoms with Crippen LogP contribution in [0.15, 0.2) is 18.2 Å². The lowest BCUT2D eigenvalue weighted by Gasteiger charge is -2.43. The van der Waals surface area contributed by atoms with Gasteiger partial charge in [-0.15, -0.1) is 0 Å². The maximum atomic E-state index is 6.33. The van der Waals surface area contributed by atoms with Gasteiger partial charge in [-0.1, -0.05) is 35.7 Å². The molecule has 0 atom stereocenters. The second-order valence-electron chi connectivity index (χ2n) is 4.93. The standard InChI is InChI=1S/C14H19Cl2NO/c1-18-8-7-17-10-14(5-2-6-14)12-4-3-11(15)9-13(12)16/h3-4,9,17H,2,5-8,10H2,1H3. The molecule has 2 nitrogen and oxygen atoms in total. The fourth-order valence-electron chi connectivity index (χ4n) is 2.57. The maximum absolute atomic E-state index is 6.33. The Balaban J connectivity index is 2.06. The molecule has 1 saturated carbocycles. The lowest BCUT2D eigenvalue weighted by Crippen LogP contribution is -2.44. The Morgan fingerprint density at radius 2 is 2.11 bits per heavy atom. The highest BCUT2D eigenvalue weighted by molar-refractivity contribution is 6.35. The second kappa shape index (κ2) is 6.25. The molecule has 1 fully saturated rings.